The number of rotatable bonds is 0. The Kier molecular flexibility index (Phi) is 3.16. The topological polar surface area (TPSA) is 57.5 Å². The number of hydrogen-bond acceptors (Lipinski definition) is 3. The highest BCUT2D eigenvalue weighted by Gasteiger charge is 2.60. The first-order valence-corrected chi connectivity index (χ1v) is 8.97. The number of aliphatic hydroxyl groups excluding tert-OH is 2. The summed E-state index contributed by atoms with van der Waals surface area (Å²) in [6.07, 6.45) is 9.13. The Morgan fingerprint density at radius 1 is 1.00 bits per heavy atom. The minimum absolute atomic E-state index is 0.0505. The molecule has 3 fully saturated rings. The Labute approximate surface area is 132 Å². The number of carbonyl (C=O) groups excluding carboxylic acids is 1. The smallest absolute Gasteiger partial charge is 0.184 e. The molecule has 4 aliphatic carbocycles. The minimum Gasteiger partial charge on any atom is -0.393 e. The van der Waals surface area contributed by atoms with Crippen LogP contribution in [0.2, 0.25) is 0 Å². The number of aliphatic hydroxyl groups is 2. The van der Waals surface area contributed by atoms with Gasteiger partial charge in [-0.2, -0.15) is 0 Å². The molecule has 8 atom stereocenters. The fraction of sp³-hybridized carbons (Fsp3) is 0.842. The predicted molar refractivity (Wildman–Crippen MR) is 84.0 cm³/mol. The van der Waals surface area contributed by atoms with E-state index in [-0.39, 0.29) is 28.6 Å². The van der Waals surface area contributed by atoms with Crippen LogP contribution in [0.5, 0.6) is 0 Å². The van der Waals surface area contributed by atoms with E-state index in [2.05, 4.69) is 19.9 Å². The van der Waals surface area contributed by atoms with Crippen LogP contribution < -0.4 is 0 Å². The number of carbonyl (C=O) groups is 1. The van der Waals surface area contributed by atoms with E-state index in [1.165, 1.54) is 0 Å². The normalized spacial score (nSPS) is 57.2. The second-order valence-electron chi connectivity index (χ2n) is 8.74. The third kappa shape index (κ3) is 1.73. The standard InChI is InChI=1S/C19H28O3/c1-18-10-8-15(20)17(22)14(18)4-3-11-12-5-6-16(21)19(12,2)9-7-13(11)18/h8,10-14,16-17,21-22H,3-7,9H2,1-2H3/t11-,12-,13-,14-,16-,17+,18+,19-/m0/s1. The third-order valence-corrected chi connectivity index (χ3v) is 8.08. The number of ketones is 1. The predicted octanol–water partition coefficient (Wildman–Crippen LogP) is 2.71. The van der Waals surface area contributed by atoms with Crippen LogP contribution in [0.3, 0.4) is 0 Å². The van der Waals surface area contributed by atoms with Crippen LogP contribution >= 0.6 is 0 Å². The Hall–Kier alpha value is -0.670. The molecule has 2 N–H and O–H groups in total. The monoisotopic (exact) mass is 304 g/mol. The molecule has 0 saturated heterocycles. The first-order valence-electron chi connectivity index (χ1n) is 8.97. The summed E-state index contributed by atoms with van der Waals surface area (Å²) in [5.74, 6) is 1.78. The van der Waals surface area contributed by atoms with Gasteiger partial charge < -0.3 is 10.2 Å². The molecule has 0 amide bonds. The van der Waals surface area contributed by atoms with Crippen LogP contribution in [-0.4, -0.2) is 28.2 Å². The molecule has 0 aromatic carbocycles. The van der Waals surface area contributed by atoms with E-state index in [1.807, 2.05) is 0 Å². The fourth-order valence-electron chi connectivity index (χ4n) is 6.70. The molecular formula is C19H28O3. The Bertz CT molecular complexity index is 527. The molecule has 3 heteroatoms. The summed E-state index contributed by atoms with van der Waals surface area (Å²) in [6, 6.07) is 0. The maximum Gasteiger partial charge on any atom is 0.184 e. The molecule has 0 heterocycles. The quantitative estimate of drug-likeness (QED) is 0.723. The lowest BCUT2D eigenvalue weighted by Crippen LogP contribution is -2.56. The van der Waals surface area contributed by atoms with Crippen LogP contribution in [0.1, 0.15) is 52.4 Å². The van der Waals surface area contributed by atoms with Crippen LogP contribution in [0.15, 0.2) is 12.2 Å². The lowest BCUT2D eigenvalue weighted by atomic mass is 9.46. The summed E-state index contributed by atoms with van der Waals surface area (Å²) >= 11 is 0. The highest BCUT2D eigenvalue weighted by molar-refractivity contribution is 5.94. The van der Waals surface area contributed by atoms with Crippen molar-refractivity contribution in [3.05, 3.63) is 12.2 Å². The molecule has 4 aliphatic rings. The second kappa shape index (κ2) is 4.67. The van der Waals surface area contributed by atoms with Gasteiger partial charge in [-0.05, 0) is 73.2 Å². The summed E-state index contributed by atoms with van der Waals surface area (Å²) in [4.78, 5) is 11.9. The zero-order chi connectivity index (χ0) is 15.7. The highest BCUT2D eigenvalue weighted by Crippen LogP contribution is 2.65. The Balaban J connectivity index is 1.70. The number of allylic oxidation sites excluding steroid dienone is 1. The number of fused-ring (bicyclic) bond motifs is 5. The Morgan fingerprint density at radius 3 is 2.50 bits per heavy atom. The van der Waals surface area contributed by atoms with E-state index in [1.54, 1.807) is 6.08 Å². The Morgan fingerprint density at radius 2 is 1.73 bits per heavy atom. The molecule has 0 unspecified atom stereocenters. The van der Waals surface area contributed by atoms with Crippen molar-refractivity contribution in [1.82, 2.24) is 0 Å². The number of hydrogen-bond donors (Lipinski definition) is 2. The highest BCUT2D eigenvalue weighted by atomic mass is 16.3. The maximum atomic E-state index is 11.9. The van der Waals surface area contributed by atoms with Crippen molar-refractivity contribution in [3.8, 4) is 0 Å². The molecule has 22 heavy (non-hydrogen) atoms. The molecule has 122 valence electrons. The van der Waals surface area contributed by atoms with Gasteiger partial charge in [0.2, 0.25) is 0 Å². The fourth-order valence-corrected chi connectivity index (χ4v) is 6.70. The molecule has 0 bridgehead atoms. The molecule has 4 rings (SSSR count). The molecule has 3 saturated carbocycles. The zero-order valence-electron chi connectivity index (χ0n) is 13.7. The summed E-state index contributed by atoms with van der Waals surface area (Å²) in [5.41, 5.74) is 0.0439. The van der Waals surface area contributed by atoms with Gasteiger partial charge in [-0.25, -0.2) is 0 Å². The largest absolute Gasteiger partial charge is 0.393 e. The third-order valence-electron chi connectivity index (χ3n) is 8.08. The molecule has 0 aliphatic heterocycles. The summed E-state index contributed by atoms with van der Waals surface area (Å²) in [7, 11) is 0. The molecular weight excluding hydrogens is 276 g/mol. The second-order valence-corrected chi connectivity index (χ2v) is 8.74. The lowest BCUT2D eigenvalue weighted by Gasteiger charge is -2.59. The summed E-state index contributed by atoms with van der Waals surface area (Å²) < 4.78 is 0. The lowest BCUT2D eigenvalue weighted by molar-refractivity contribution is -0.142. The van der Waals surface area contributed by atoms with Gasteiger partial charge in [-0.15, -0.1) is 0 Å². The van der Waals surface area contributed by atoms with E-state index >= 15 is 0 Å². The minimum atomic E-state index is -0.807. The van der Waals surface area contributed by atoms with E-state index in [9.17, 15) is 15.0 Å². The van der Waals surface area contributed by atoms with Gasteiger partial charge in [0.1, 0.15) is 6.10 Å². The van der Waals surface area contributed by atoms with Gasteiger partial charge >= 0.3 is 0 Å². The van der Waals surface area contributed by atoms with Gasteiger partial charge in [0.05, 0.1) is 6.10 Å². The summed E-state index contributed by atoms with van der Waals surface area (Å²) in [6.45, 7) is 4.55. The van der Waals surface area contributed by atoms with Crippen LogP contribution in [0, 0.1) is 34.5 Å². The molecule has 0 spiro atoms. The van der Waals surface area contributed by atoms with E-state index in [0.29, 0.717) is 17.8 Å². The van der Waals surface area contributed by atoms with Crippen LogP contribution in [0.25, 0.3) is 0 Å². The van der Waals surface area contributed by atoms with Crippen molar-refractivity contribution in [3.63, 3.8) is 0 Å². The van der Waals surface area contributed by atoms with Gasteiger partial charge in [-0.1, -0.05) is 19.9 Å². The van der Waals surface area contributed by atoms with Crippen molar-refractivity contribution in [2.75, 3.05) is 0 Å². The van der Waals surface area contributed by atoms with Crippen LogP contribution in [0.4, 0.5) is 0 Å². The SMILES string of the molecule is C[C@]12C=CC(=O)[C@H](O)[C@@H]1CC[C@@H]1[C@@H]2CC[C@]2(C)[C@@H](O)CC[C@@H]12. The van der Waals surface area contributed by atoms with Crippen molar-refractivity contribution in [1.29, 1.82) is 0 Å². The van der Waals surface area contributed by atoms with Gasteiger partial charge in [0, 0.05) is 5.92 Å². The van der Waals surface area contributed by atoms with Gasteiger partial charge in [-0.3, -0.25) is 4.79 Å². The zero-order valence-corrected chi connectivity index (χ0v) is 13.7. The van der Waals surface area contributed by atoms with Crippen molar-refractivity contribution in [2.45, 2.75) is 64.6 Å². The molecule has 0 aromatic heterocycles. The molecule has 0 radical (unpaired) electrons. The summed E-state index contributed by atoms with van der Waals surface area (Å²) in [5, 5.41) is 20.8. The van der Waals surface area contributed by atoms with Crippen LogP contribution in [-0.2, 0) is 4.79 Å². The van der Waals surface area contributed by atoms with Crippen molar-refractivity contribution >= 4 is 5.78 Å². The maximum absolute atomic E-state index is 11.9. The first kappa shape index (κ1) is 14.9. The van der Waals surface area contributed by atoms with Gasteiger partial charge in [0.25, 0.3) is 0 Å². The average Bonchev–Trinajstić information content (AvgIpc) is 2.79. The van der Waals surface area contributed by atoms with Crippen molar-refractivity contribution in [2.24, 2.45) is 34.5 Å². The van der Waals surface area contributed by atoms with Crippen molar-refractivity contribution < 1.29 is 15.0 Å². The average molecular weight is 304 g/mol. The molecule has 0 aromatic rings. The first-order chi connectivity index (χ1) is 10.4. The van der Waals surface area contributed by atoms with E-state index < -0.39 is 6.10 Å². The molecule has 3 nitrogen and oxygen atoms in total. The van der Waals surface area contributed by atoms with Gasteiger partial charge in [0.15, 0.2) is 5.78 Å². The van der Waals surface area contributed by atoms with E-state index in [4.69, 9.17) is 0 Å². The van der Waals surface area contributed by atoms with E-state index in [0.717, 1.165) is 38.5 Å².